The number of carbonyl (C=O) groups is 1. The Hall–Kier alpha value is -1.89. The highest BCUT2D eigenvalue weighted by Crippen LogP contribution is 2.57. The van der Waals surface area contributed by atoms with E-state index in [1.54, 1.807) is 0 Å². The van der Waals surface area contributed by atoms with E-state index >= 15 is 0 Å². The molecule has 0 radical (unpaired) electrons. The fourth-order valence-electron chi connectivity index (χ4n) is 5.71. The molecule has 25 heavy (non-hydrogen) atoms. The van der Waals surface area contributed by atoms with Crippen LogP contribution in [0.4, 0.5) is 0 Å². The molecular formula is C24H26O. The van der Waals surface area contributed by atoms with Crippen LogP contribution in [0.3, 0.4) is 0 Å². The van der Waals surface area contributed by atoms with Gasteiger partial charge in [-0.2, -0.15) is 0 Å². The summed E-state index contributed by atoms with van der Waals surface area (Å²) in [6.07, 6.45) is 10.2. The first-order chi connectivity index (χ1) is 12.1. The quantitative estimate of drug-likeness (QED) is 0.641. The summed E-state index contributed by atoms with van der Waals surface area (Å²) in [6, 6.07) is 11.1. The number of carbonyl (C=O) groups excluding carboxylic acids is 1. The molecule has 2 aromatic carbocycles. The predicted octanol–water partition coefficient (Wildman–Crippen LogP) is 5.75. The number of ketones is 1. The van der Waals surface area contributed by atoms with Crippen LogP contribution in [0.15, 0.2) is 42.5 Å². The highest BCUT2D eigenvalue weighted by Gasteiger charge is 2.54. The lowest BCUT2D eigenvalue weighted by atomic mass is 9.63. The van der Waals surface area contributed by atoms with Crippen molar-refractivity contribution < 1.29 is 4.79 Å². The number of aryl methyl sites for hydroxylation is 1. The lowest BCUT2D eigenvalue weighted by molar-refractivity contribution is 0.0703. The summed E-state index contributed by atoms with van der Waals surface area (Å²) in [5, 5.41) is 2.59. The van der Waals surface area contributed by atoms with Gasteiger partial charge < -0.3 is 0 Å². The van der Waals surface area contributed by atoms with Gasteiger partial charge in [0.1, 0.15) is 0 Å². The molecule has 1 heteroatoms. The van der Waals surface area contributed by atoms with Crippen molar-refractivity contribution in [3.05, 3.63) is 59.2 Å². The molecule has 1 fully saturated rings. The van der Waals surface area contributed by atoms with Crippen molar-refractivity contribution in [3.63, 3.8) is 0 Å². The minimum Gasteiger partial charge on any atom is -0.294 e. The number of hydrogen-bond acceptors (Lipinski definition) is 1. The molecule has 0 amide bonds. The third-order valence-corrected chi connectivity index (χ3v) is 6.87. The normalized spacial score (nSPS) is 30.0. The Morgan fingerprint density at radius 1 is 1.20 bits per heavy atom. The molecule has 3 aliphatic carbocycles. The van der Waals surface area contributed by atoms with Gasteiger partial charge in [0.2, 0.25) is 0 Å². The molecule has 2 aromatic rings. The first kappa shape index (κ1) is 15.4. The van der Waals surface area contributed by atoms with Gasteiger partial charge in [-0.3, -0.25) is 4.79 Å². The van der Waals surface area contributed by atoms with Crippen LogP contribution in [-0.4, -0.2) is 5.78 Å². The number of allylic oxidation sites excluding steroid dienone is 2. The molecular weight excluding hydrogens is 304 g/mol. The maximum Gasteiger partial charge on any atom is 0.169 e. The van der Waals surface area contributed by atoms with E-state index in [9.17, 15) is 4.79 Å². The van der Waals surface area contributed by atoms with Crippen molar-refractivity contribution >= 4 is 16.6 Å². The van der Waals surface area contributed by atoms with Crippen LogP contribution in [-0.2, 0) is 12.8 Å². The highest BCUT2D eigenvalue weighted by molar-refractivity contribution is 6.06. The summed E-state index contributed by atoms with van der Waals surface area (Å²) in [7, 11) is 0. The maximum absolute atomic E-state index is 13.5. The zero-order valence-corrected chi connectivity index (χ0v) is 15.2. The molecule has 5 rings (SSSR count). The molecule has 0 aliphatic heterocycles. The summed E-state index contributed by atoms with van der Waals surface area (Å²) < 4.78 is 0. The zero-order valence-electron chi connectivity index (χ0n) is 15.2. The maximum atomic E-state index is 13.5. The summed E-state index contributed by atoms with van der Waals surface area (Å²) in [4.78, 5) is 13.5. The average molecular weight is 330 g/mol. The van der Waals surface area contributed by atoms with Crippen molar-refractivity contribution in [1.82, 2.24) is 0 Å². The third kappa shape index (κ3) is 2.18. The smallest absolute Gasteiger partial charge is 0.169 e. The van der Waals surface area contributed by atoms with Crippen molar-refractivity contribution in [3.8, 4) is 0 Å². The SMILES string of the molecule is CC(C)Cc1cccc2cc3c(cc12)CCC1(CC2C=CC1C2)C3=O. The molecule has 1 saturated carbocycles. The first-order valence-corrected chi connectivity index (χ1v) is 9.84. The molecule has 1 nitrogen and oxygen atoms in total. The van der Waals surface area contributed by atoms with Crippen LogP contribution in [0.2, 0.25) is 0 Å². The lowest BCUT2D eigenvalue weighted by Gasteiger charge is -2.38. The van der Waals surface area contributed by atoms with Gasteiger partial charge in [-0.25, -0.2) is 0 Å². The molecule has 2 bridgehead atoms. The summed E-state index contributed by atoms with van der Waals surface area (Å²) >= 11 is 0. The Bertz CT molecular complexity index is 904. The van der Waals surface area contributed by atoms with Crippen molar-refractivity contribution in [1.29, 1.82) is 0 Å². The summed E-state index contributed by atoms with van der Waals surface area (Å²) in [6.45, 7) is 4.54. The fraction of sp³-hybridized carbons (Fsp3) is 0.458. The number of Topliss-reactive ketones (excluding diaryl/α,β-unsaturated/α-hetero) is 1. The van der Waals surface area contributed by atoms with Crippen LogP contribution in [0.5, 0.6) is 0 Å². The van der Waals surface area contributed by atoms with Crippen LogP contribution in [0, 0.1) is 23.2 Å². The molecule has 3 unspecified atom stereocenters. The molecule has 0 N–H and O–H groups in total. The number of rotatable bonds is 2. The molecule has 1 spiro atoms. The van der Waals surface area contributed by atoms with Gasteiger partial charge in [0.25, 0.3) is 0 Å². The summed E-state index contributed by atoms with van der Waals surface area (Å²) in [5.74, 6) is 2.21. The Morgan fingerprint density at radius 2 is 2.08 bits per heavy atom. The van der Waals surface area contributed by atoms with E-state index in [2.05, 4.69) is 56.3 Å². The predicted molar refractivity (Wildman–Crippen MR) is 103 cm³/mol. The highest BCUT2D eigenvalue weighted by atomic mass is 16.1. The first-order valence-electron chi connectivity index (χ1n) is 9.84. The van der Waals surface area contributed by atoms with Crippen LogP contribution >= 0.6 is 0 Å². The molecule has 128 valence electrons. The van der Waals surface area contributed by atoms with E-state index in [0.29, 0.717) is 23.5 Å². The van der Waals surface area contributed by atoms with E-state index in [1.807, 2.05) is 0 Å². The third-order valence-electron chi connectivity index (χ3n) is 6.87. The standard InChI is InChI=1S/C24H26O/c1-15(2)10-17-4-3-5-18-13-22-19(12-21(17)18)8-9-24(23(22)25)14-16-6-7-20(24)11-16/h3-7,12-13,15-16,20H,8-11,14H2,1-2H3. The Balaban J connectivity index is 1.62. The number of benzene rings is 2. The van der Waals surface area contributed by atoms with Gasteiger partial charge in [-0.1, -0.05) is 50.3 Å². The molecule has 3 atom stereocenters. The average Bonchev–Trinajstić information content (AvgIpc) is 3.19. The van der Waals surface area contributed by atoms with E-state index in [-0.39, 0.29) is 5.41 Å². The minimum absolute atomic E-state index is 0.0877. The Kier molecular flexibility index (Phi) is 3.26. The largest absolute Gasteiger partial charge is 0.294 e. The van der Waals surface area contributed by atoms with Crippen LogP contribution in [0.1, 0.15) is 54.6 Å². The monoisotopic (exact) mass is 330 g/mol. The molecule has 0 saturated heterocycles. The van der Waals surface area contributed by atoms with Gasteiger partial charge in [-0.05, 0) is 77.8 Å². The van der Waals surface area contributed by atoms with Crippen LogP contribution in [0.25, 0.3) is 10.8 Å². The van der Waals surface area contributed by atoms with E-state index in [0.717, 1.165) is 31.2 Å². The van der Waals surface area contributed by atoms with E-state index < -0.39 is 0 Å². The van der Waals surface area contributed by atoms with Gasteiger partial charge in [0.15, 0.2) is 5.78 Å². The number of hydrogen-bond donors (Lipinski definition) is 0. The Morgan fingerprint density at radius 3 is 2.80 bits per heavy atom. The van der Waals surface area contributed by atoms with Crippen LogP contribution < -0.4 is 0 Å². The van der Waals surface area contributed by atoms with Gasteiger partial charge in [0, 0.05) is 11.0 Å². The lowest BCUT2D eigenvalue weighted by Crippen LogP contribution is -2.39. The van der Waals surface area contributed by atoms with Gasteiger partial charge in [-0.15, -0.1) is 0 Å². The summed E-state index contributed by atoms with van der Waals surface area (Å²) in [5.41, 5.74) is 3.63. The second kappa shape index (κ2) is 5.30. The number of fused-ring (bicyclic) bond motifs is 5. The van der Waals surface area contributed by atoms with Crippen molar-refractivity contribution in [2.75, 3.05) is 0 Å². The Labute approximate surface area is 150 Å². The second-order valence-electron chi connectivity index (χ2n) is 8.92. The zero-order chi connectivity index (χ0) is 17.2. The second-order valence-corrected chi connectivity index (χ2v) is 8.92. The van der Waals surface area contributed by atoms with E-state index in [1.165, 1.54) is 28.3 Å². The fourth-order valence-corrected chi connectivity index (χ4v) is 5.71. The molecule has 3 aliphatic rings. The van der Waals surface area contributed by atoms with Gasteiger partial charge >= 0.3 is 0 Å². The van der Waals surface area contributed by atoms with Crippen molar-refractivity contribution in [2.45, 2.75) is 46.0 Å². The molecule has 0 aromatic heterocycles. The van der Waals surface area contributed by atoms with E-state index in [4.69, 9.17) is 0 Å². The van der Waals surface area contributed by atoms with Gasteiger partial charge in [0.05, 0.1) is 0 Å². The van der Waals surface area contributed by atoms with Crippen molar-refractivity contribution in [2.24, 2.45) is 23.2 Å². The molecule has 0 heterocycles. The minimum atomic E-state index is -0.0877. The topological polar surface area (TPSA) is 17.1 Å².